The molecule has 0 bridgehead atoms. The normalized spacial score (nSPS) is 15.2. The maximum absolute atomic E-state index is 2.33. The standard InChI is InChI=1S/C7H7.C5H5.Zr/c1-7-5-3-2-4-6-7;1-2-4-5-3-1;/h3-6H,1H3;1-5H;. The van der Waals surface area contributed by atoms with Crippen LogP contribution in [0.4, 0.5) is 0 Å². The molecule has 0 saturated carbocycles. The van der Waals surface area contributed by atoms with Crippen molar-refractivity contribution < 1.29 is 23.2 Å². The SMILES string of the molecule is Cc1cc[c]([Zr][CH]2C=CC=C2)cc1. The summed E-state index contributed by atoms with van der Waals surface area (Å²) in [7, 11) is 0. The summed E-state index contributed by atoms with van der Waals surface area (Å²) in [6.45, 7) is 2.14. The molecule has 0 N–H and O–H groups in total. The van der Waals surface area contributed by atoms with E-state index >= 15 is 0 Å². The zero-order chi connectivity index (χ0) is 9.10. The number of benzene rings is 1. The zero-order valence-electron chi connectivity index (χ0n) is 7.70. The van der Waals surface area contributed by atoms with E-state index in [1.165, 1.54) is 5.56 Å². The van der Waals surface area contributed by atoms with Crippen molar-refractivity contribution in [2.45, 2.75) is 10.5 Å². The van der Waals surface area contributed by atoms with E-state index in [9.17, 15) is 0 Å². The van der Waals surface area contributed by atoms with Gasteiger partial charge in [0.15, 0.2) is 0 Å². The van der Waals surface area contributed by atoms with Crippen molar-refractivity contribution in [3.8, 4) is 0 Å². The molecule has 1 aliphatic rings. The van der Waals surface area contributed by atoms with Crippen LogP contribution < -0.4 is 3.27 Å². The van der Waals surface area contributed by atoms with E-state index in [2.05, 4.69) is 55.5 Å². The van der Waals surface area contributed by atoms with Crippen LogP contribution in [0.25, 0.3) is 0 Å². The number of hydrogen-bond acceptors (Lipinski definition) is 0. The van der Waals surface area contributed by atoms with Gasteiger partial charge in [-0.2, -0.15) is 0 Å². The Labute approximate surface area is 90.9 Å². The fourth-order valence-electron chi connectivity index (χ4n) is 1.37. The molecule has 0 spiro atoms. The number of aryl methyl sites for hydroxylation is 1. The van der Waals surface area contributed by atoms with Crippen molar-refractivity contribution in [3.63, 3.8) is 0 Å². The Kier molecular flexibility index (Phi) is 2.95. The van der Waals surface area contributed by atoms with E-state index in [4.69, 9.17) is 0 Å². The van der Waals surface area contributed by atoms with Crippen LogP contribution >= 0.6 is 0 Å². The molecule has 0 amide bonds. The third kappa shape index (κ3) is 2.51. The quantitative estimate of drug-likeness (QED) is 0.754. The Balaban J connectivity index is 2.05. The van der Waals surface area contributed by atoms with Gasteiger partial charge in [-0.15, -0.1) is 0 Å². The molecule has 0 atom stereocenters. The van der Waals surface area contributed by atoms with Gasteiger partial charge in [0.1, 0.15) is 0 Å². The molecular weight excluding hydrogens is 235 g/mol. The minimum atomic E-state index is -0.406. The number of hydrogen-bond donors (Lipinski definition) is 0. The fourth-order valence-corrected chi connectivity index (χ4v) is 4.22. The van der Waals surface area contributed by atoms with E-state index in [-0.39, 0.29) is 0 Å². The molecule has 1 aromatic rings. The van der Waals surface area contributed by atoms with Gasteiger partial charge >= 0.3 is 91.2 Å². The number of rotatable bonds is 2. The molecule has 0 saturated heterocycles. The Morgan fingerprint density at radius 1 is 1.00 bits per heavy atom. The van der Waals surface area contributed by atoms with E-state index in [1.807, 2.05) is 0 Å². The first-order valence-corrected chi connectivity index (χ1v) is 7.17. The third-order valence-electron chi connectivity index (χ3n) is 2.13. The van der Waals surface area contributed by atoms with Crippen LogP contribution in [0, 0.1) is 6.92 Å². The van der Waals surface area contributed by atoms with E-state index in [1.54, 1.807) is 3.27 Å². The van der Waals surface area contributed by atoms with Crippen LogP contribution in [0.5, 0.6) is 0 Å². The van der Waals surface area contributed by atoms with Gasteiger partial charge in [0.05, 0.1) is 0 Å². The van der Waals surface area contributed by atoms with Crippen molar-refractivity contribution in [2.24, 2.45) is 0 Å². The second-order valence-electron chi connectivity index (χ2n) is 3.31. The van der Waals surface area contributed by atoms with Crippen molar-refractivity contribution in [2.75, 3.05) is 0 Å². The van der Waals surface area contributed by atoms with Gasteiger partial charge in [-0.25, -0.2) is 0 Å². The second kappa shape index (κ2) is 4.20. The first-order chi connectivity index (χ1) is 6.34. The summed E-state index contributed by atoms with van der Waals surface area (Å²) >= 11 is -0.406. The molecule has 1 aromatic carbocycles. The summed E-state index contributed by atoms with van der Waals surface area (Å²) in [5.74, 6) is 0. The first kappa shape index (κ1) is 9.15. The monoisotopic (exact) mass is 246 g/mol. The Morgan fingerprint density at radius 2 is 1.62 bits per heavy atom. The van der Waals surface area contributed by atoms with Gasteiger partial charge in [-0.3, -0.25) is 0 Å². The van der Waals surface area contributed by atoms with Crippen molar-refractivity contribution in [1.29, 1.82) is 0 Å². The number of allylic oxidation sites excluding steroid dienone is 4. The van der Waals surface area contributed by atoms with E-state index in [0.29, 0.717) is 0 Å². The van der Waals surface area contributed by atoms with Crippen LogP contribution in [0.1, 0.15) is 5.56 Å². The fraction of sp³-hybridized carbons (Fsp3) is 0.167. The summed E-state index contributed by atoms with van der Waals surface area (Å²) in [6.07, 6.45) is 8.98. The van der Waals surface area contributed by atoms with Crippen molar-refractivity contribution in [1.82, 2.24) is 0 Å². The molecule has 2 rings (SSSR count). The van der Waals surface area contributed by atoms with E-state index in [0.717, 1.165) is 3.63 Å². The molecule has 13 heavy (non-hydrogen) atoms. The Morgan fingerprint density at radius 3 is 2.23 bits per heavy atom. The van der Waals surface area contributed by atoms with Gasteiger partial charge in [0, 0.05) is 0 Å². The van der Waals surface area contributed by atoms with Crippen LogP contribution in [0.15, 0.2) is 48.6 Å². The summed E-state index contributed by atoms with van der Waals surface area (Å²) in [6, 6.07) is 9.03. The minimum absolute atomic E-state index is 0.406. The molecule has 0 aliphatic heterocycles. The summed E-state index contributed by atoms with van der Waals surface area (Å²) < 4.78 is 2.38. The Hall–Kier alpha value is -0.417. The zero-order valence-corrected chi connectivity index (χ0v) is 10.2. The van der Waals surface area contributed by atoms with Crippen LogP contribution in [0.3, 0.4) is 0 Å². The van der Waals surface area contributed by atoms with Gasteiger partial charge in [-0.05, 0) is 0 Å². The van der Waals surface area contributed by atoms with Gasteiger partial charge in [-0.1, -0.05) is 0 Å². The summed E-state index contributed by atoms with van der Waals surface area (Å²) in [5.41, 5.74) is 1.36. The van der Waals surface area contributed by atoms with Crippen LogP contribution in [-0.4, -0.2) is 0 Å². The molecule has 0 unspecified atom stereocenters. The molecule has 0 nitrogen and oxygen atoms in total. The van der Waals surface area contributed by atoms with Crippen molar-refractivity contribution in [3.05, 3.63) is 54.1 Å². The van der Waals surface area contributed by atoms with Gasteiger partial charge in [0.2, 0.25) is 0 Å². The molecule has 64 valence electrons. The summed E-state index contributed by atoms with van der Waals surface area (Å²) in [5, 5.41) is 0. The summed E-state index contributed by atoms with van der Waals surface area (Å²) in [4.78, 5) is 0. The third-order valence-corrected chi connectivity index (χ3v) is 5.54. The van der Waals surface area contributed by atoms with E-state index < -0.39 is 23.2 Å². The second-order valence-corrected chi connectivity index (χ2v) is 7.07. The Bertz CT molecular complexity index is 321. The molecule has 0 aromatic heterocycles. The molecule has 1 aliphatic carbocycles. The average molecular weight is 247 g/mol. The predicted molar refractivity (Wildman–Crippen MR) is 52.8 cm³/mol. The van der Waals surface area contributed by atoms with Gasteiger partial charge in [0.25, 0.3) is 0 Å². The van der Waals surface area contributed by atoms with Crippen molar-refractivity contribution >= 4 is 3.27 Å². The molecule has 1 heteroatoms. The molecule has 0 heterocycles. The molecule has 0 fully saturated rings. The van der Waals surface area contributed by atoms with Crippen LogP contribution in [-0.2, 0) is 23.2 Å². The maximum atomic E-state index is 2.33. The topological polar surface area (TPSA) is 0 Å². The molecular formula is C12H12Zr. The van der Waals surface area contributed by atoms with Crippen LogP contribution in [0.2, 0.25) is 3.63 Å². The predicted octanol–water partition coefficient (Wildman–Crippen LogP) is 2.62. The average Bonchev–Trinajstić information content (AvgIpc) is 2.62. The molecule has 0 radical (unpaired) electrons. The van der Waals surface area contributed by atoms with Gasteiger partial charge < -0.3 is 0 Å². The first-order valence-electron chi connectivity index (χ1n) is 4.53.